The van der Waals surface area contributed by atoms with Crippen LogP contribution in [0.1, 0.15) is 31.9 Å². The molecule has 0 unspecified atom stereocenters. The molecular formula is C16H24N2O3. The van der Waals surface area contributed by atoms with Gasteiger partial charge in [-0.1, -0.05) is 19.1 Å². The van der Waals surface area contributed by atoms with E-state index in [2.05, 4.69) is 12.2 Å². The lowest BCUT2D eigenvalue weighted by Crippen LogP contribution is -2.50. The van der Waals surface area contributed by atoms with E-state index in [9.17, 15) is 4.79 Å². The molecule has 1 N–H and O–H groups in total. The van der Waals surface area contributed by atoms with E-state index in [4.69, 9.17) is 9.47 Å². The molecule has 1 fully saturated rings. The normalized spacial score (nSPS) is 20.1. The highest BCUT2D eigenvalue weighted by Crippen LogP contribution is 2.20. The van der Waals surface area contributed by atoms with E-state index in [1.165, 1.54) is 0 Å². The lowest BCUT2D eigenvalue weighted by Gasteiger charge is -2.35. The Morgan fingerprint density at radius 2 is 2.38 bits per heavy atom. The van der Waals surface area contributed by atoms with E-state index in [0.717, 1.165) is 17.7 Å². The maximum Gasteiger partial charge on any atom is 0.322 e. The lowest BCUT2D eigenvalue weighted by atomic mass is 10.1. The molecule has 1 aliphatic heterocycles. The molecule has 0 aromatic heterocycles. The molecule has 21 heavy (non-hydrogen) atoms. The molecule has 0 aliphatic carbocycles. The van der Waals surface area contributed by atoms with Crippen LogP contribution in [0.4, 0.5) is 10.5 Å². The zero-order chi connectivity index (χ0) is 15.2. The van der Waals surface area contributed by atoms with Crippen LogP contribution < -0.4 is 5.32 Å². The molecule has 2 amide bonds. The van der Waals surface area contributed by atoms with Crippen LogP contribution in [0.5, 0.6) is 0 Å². The molecule has 2 rings (SSSR count). The van der Waals surface area contributed by atoms with Crippen molar-refractivity contribution in [2.45, 2.75) is 32.4 Å². The van der Waals surface area contributed by atoms with Crippen LogP contribution in [-0.4, -0.2) is 43.8 Å². The highest BCUT2D eigenvalue weighted by molar-refractivity contribution is 5.89. The zero-order valence-electron chi connectivity index (χ0n) is 13.0. The van der Waals surface area contributed by atoms with Crippen molar-refractivity contribution in [3.8, 4) is 0 Å². The summed E-state index contributed by atoms with van der Waals surface area (Å²) in [7, 11) is 1.68. The first-order valence-corrected chi connectivity index (χ1v) is 7.43. The fourth-order valence-electron chi connectivity index (χ4n) is 2.46. The molecule has 0 radical (unpaired) electrons. The first kappa shape index (κ1) is 15.8. The number of hydrogen-bond acceptors (Lipinski definition) is 3. The highest BCUT2D eigenvalue weighted by Gasteiger charge is 2.25. The molecule has 2 atom stereocenters. The minimum atomic E-state index is -0.0626. The molecule has 1 saturated heterocycles. The fourth-order valence-corrected chi connectivity index (χ4v) is 2.46. The quantitative estimate of drug-likeness (QED) is 0.928. The molecule has 1 aromatic carbocycles. The second-order valence-electron chi connectivity index (χ2n) is 5.26. The minimum Gasteiger partial charge on any atom is -0.377 e. The van der Waals surface area contributed by atoms with Crippen molar-refractivity contribution in [3.63, 3.8) is 0 Å². The molecule has 1 heterocycles. The van der Waals surface area contributed by atoms with Gasteiger partial charge < -0.3 is 19.7 Å². The van der Waals surface area contributed by atoms with Crippen LogP contribution in [0.25, 0.3) is 0 Å². The summed E-state index contributed by atoms with van der Waals surface area (Å²) in [6.45, 7) is 5.91. The van der Waals surface area contributed by atoms with Gasteiger partial charge >= 0.3 is 6.03 Å². The maximum atomic E-state index is 12.4. The predicted octanol–water partition coefficient (Wildman–Crippen LogP) is 3.04. The van der Waals surface area contributed by atoms with E-state index in [-0.39, 0.29) is 18.2 Å². The van der Waals surface area contributed by atoms with Crippen molar-refractivity contribution in [3.05, 3.63) is 29.8 Å². The van der Waals surface area contributed by atoms with Crippen molar-refractivity contribution < 1.29 is 14.3 Å². The second-order valence-corrected chi connectivity index (χ2v) is 5.26. The summed E-state index contributed by atoms with van der Waals surface area (Å²) >= 11 is 0. The topological polar surface area (TPSA) is 50.8 Å². The van der Waals surface area contributed by atoms with E-state index in [1.807, 2.05) is 36.1 Å². The largest absolute Gasteiger partial charge is 0.377 e. The number of anilines is 1. The van der Waals surface area contributed by atoms with E-state index < -0.39 is 0 Å². The standard InChI is InChI=1S/C16H24N2O3/c1-4-15-11-21-9-8-18(15)16(19)17-14-7-5-6-13(10-14)12(2)20-3/h5-7,10,12,15H,4,8-9,11H2,1-3H3,(H,17,19)/t12-,15-/m0/s1. The Balaban J connectivity index is 2.05. The molecule has 5 nitrogen and oxygen atoms in total. The summed E-state index contributed by atoms with van der Waals surface area (Å²) in [5, 5.41) is 2.97. The monoisotopic (exact) mass is 292 g/mol. The minimum absolute atomic E-state index is 0.00799. The Labute approximate surface area is 126 Å². The Morgan fingerprint density at radius 3 is 3.10 bits per heavy atom. The second kappa shape index (κ2) is 7.43. The van der Waals surface area contributed by atoms with Crippen molar-refractivity contribution in [2.24, 2.45) is 0 Å². The van der Waals surface area contributed by atoms with Crippen LogP contribution in [0.2, 0.25) is 0 Å². The summed E-state index contributed by atoms with van der Waals surface area (Å²) in [6.07, 6.45) is 0.905. The number of carbonyl (C=O) groups excluding carboxylic acids is 1. The zero-order valence-corrected chi connectivity index (χ0v) is 13.0. The third kappa shape index (κ3) is 3.95. The summed E-state index contributed by atoms with van der Waals surface area (Å²) in [5.41, 5.74) is 1.84. The van der Waals surface area contributed by atoms with Gasteiger partial charge in [0, 0.05) is 19.3 Å². The molecule has 5 heteroatoms. The molecular weight excluding hydrogens is 268 g/mol. The number of carbonyl (C=O) groups is 1. The van der Waals surface area contributed by atoms with Crippen molar-refractivity contribution in [1.29, 1.82) is 0 Å². The first-order chi connectivity index (χ1) is 10.2. The van der Waals surface area contributed by atoms with Crippen molar-refractivity contribution in [1.82, 2.24) is 4.90 Å². The van der Waals surface area contributed by atoms with Crippen LogP contribution in [0, 0.1) is 0 Å². The third-order valence-electron chi connectivity index (χ3n) is 3.92. The number of nitrogens with zero attached hydrogens (tertiary/aromatic N) is 1. The summed E-state index contributed by atoms with van der Waals surface area (Å²) in [4.78, 5) is 14.3. The molecule has 1 aromatic rings. The number of morpholine rings is 1. The summed E-state index contributed by atoms with van der Waals surface area (Å²) in [5.74, 6) is 0. The van der Waals surface area contributed by atoms with Gasteiger partial charge in [-0.05, 0) is 31.0 Å². The molecule has 0 saturated carbocycles. The van der Waals surface area contributed by atoms with Gasteiger partial charge in [-0.3, -0.25) is 0 Å². The Bertz CT molecular complexity index is 478. The van der Waals surface area contributed by atoms with Gasteiger partial charge in [-0.2, -0.15) is 0 Å². The van der Waals surface area contributed by atoms with Gasteiger partial charge in [0.1, 0.15) is 0 Å². The van der Waals surface area contributed by atoms with Gasteiger partial charge in [-0.25, -0.2) is 4.79 Å². The van der Waals surface area contributed by atoms with Crippen LogP contribution >= 0.6 is 0 Å². The number of benzene rings is 1. The van der Waals surface area contributed by atoms with E-state index in [1.54, 1.807) is 7.11 Å². The van der Waals surface area contributed by atoms with Gasteiger partial charge in [0.25, 0.3) is 0 Å². The molecule has 0 bridgehead atoms. The van der Waals surface area contributed by atoms with Crippen LogP contribution in [0.15, 0.2) is 24.3 Å². The number of hydrogen-bond donors (Lipinski definition) is 1. The summed E-state index contributed by atoms with van der Waals surface area (Å²) in [6, 6.07) is 7.86. The number of amides is 2. The smallest absolute Gasteiger partial charge is 0.322 e. The Hall–Kier alpha value is -1.59. The average molecular weight is 292 g/mol. The number of urea groups is 1. The molecule has 116 valence electrons. The first-order valence-electron chi connectivity index (χ1n) is 7.43. The Morgan fingerprint density at radius 1 is 1.57 bits per heavy atom. The average Bonchev–Trinajstić information content (AvgIpc) is 2.54. The highest BCUT2D eigenvalue weighted by atomic mass is 16.5. The summed E-state index contributed by atoms with van der Waals surface area (Å²) < 4.78 is 10.7. The predicted molar refractivity (Wildman–Crippen MR) is 82.5 cm³/mol. The number of methoxy groups -OCH3 is 1. The van der Waals surface area contributed by atoms with Gasteiger partial charge in [0.2, 0.25) is 0 Å². The van der Waals surface area contributed by atoms with Crippen LogP contribution in [0.3, 0.4) is 0 Å². The van der Waals surface area contributed by atoms with Gasteiger partial charge in [-0.15, -0.1) is 0 Å². The number of ether oxygens (including phenoxy) is 2. The SMILES string of the molecule is CC[C@H]1COCCN1C(=O)Nc1cccc([C@H](C)OC)c1. The van der Waals surface area contributed by atoms with Crippen molar-refractivity contribution >= 4 is 11.7 Å². The lowest BCUT2D eigenvalue weighted by molar-refractivity contribution is 0.0144. The van der Waals surface area contributed by atoms with Crippen LogP contribution in [-0.2, 0) is 9.47 Å². The number of rotatable bonds is 4. The fraction of sp³-hybridized carbons (Fsp3) is 0.562. The van der Waals surface area contributed by atoms with E-state index in [0.29, 0.717) is 19.8 Å². The molecule has 1 aliphatic rings. The van der Waals surface area contributed by atoms with Gasteiger partial charge in [0.15, 0.2) is 0 Å². The van der Waals surface area contributed by atoms with Gasteiger partial charge in [0.05, 0.1) is 25.4 Å². The molecule has 0 spiro atoms. The van der Waals surface area contributed by atoms with E-state index >= 15 is 0 Å². The number of nitrogens with one attached hydrogen (secondary N) is 1. The Kier molecular flexibility index (Phi) is 5.59. The van der Waals surface area contributed by atoms with Crippen molar-refractivity contribution in [2.75, 3.05) is 32.2 Å². The maximum absolute atomic E-state index is 12.4. The third-order valence-corrected chi connectivity index (χ3v) is 3.92.